The van der Waals surface area contributed by atoms with Crippen LogP contribution >= 0.6 is 0 Å². The molecule has 1 aliphatic heterocycles. The predicted molar refractivity (Wildman–Crippen MR) is 94.2 cm³/mol. The molecule has 6 heteroatoms. The van der Waals surface area contributed by atoms with Crippen LogP contribution < -0.4 is 15.4 Å². The van der Waals surface area contributed by atoms with E-state index in [9.17, 15) is 9.59 Å². The van der Waals surface area contributed by atoms with E-state index in [-0.39, 0.29) is 23.4 Å². The minimum atomic E-state index is -0.262. The number of methoxy groups -OCH3 is 1. The van der Waals surface area contributed by atoms with Gasteiger partial charge in [0.05, 0.1) is 13.0 Å². The number of carbonyl (C=O) groups is 2. The first-order valence-corrected chi connectivity index (χ1v) is 8.30. The zero-order valence-corrected chi connectivity index (χ0v) is 14.9. The number of likely N-dealkylation sites (tertiary alicyclic amines) is 1. The highest BCUT2D eigenvalue weighted by Gasteiger charge is 2.30. The maximum atomic E-state index is 12.5. The third-order valence-electron chi connectivity index (χ3n) is 3.90. The van der Waals surface area contributed by atoms with Crippen LogP contribution in [-0.2, 0) is 4.79 Å². The summed E-state index contributed by atoms with van der Waals surface area (Å²) in [5.74, 6) is 0.546. The van der Waals surface area contributed by atoms with Crippen molar-refractivity contribution in [2.45, 2.75) is 39.2 Å². The van der Waals surface area contributed by atoms with Crippen LogP contribution in [0.4, 0.5) is 10.5 Å². The van der Waals surface area contributed by atoms with E-state index in [1.54, 1.807) is 18.1 Å². The summed E-state index contributed by atoms with van der Waals surface area (Å²) in [6, 6.07) is 7.05. The Balaban J connectivity index is 1.95. The topological polar surface area (TPSA) is 70.7 Å². The Morgan fingerprint density at radius 1 is 1.29 bits per heavy atom. The monoisotopic (exact) mass is 333 g/mol. The highest BCUT2D eigenvalue weighted by atomic mass is 16.5. The summed E-state index contributed by atoms with van der Waals surface area (Å²) in [5, 5.41) is 5.87. The lowest BCUT2D eigenvalue weighted by atomic mass is 9.96. The van der Waals surface area contributed by atoms with E-state index in [1.807, 2.05) is 39.0 Å². The van der Waals surface area contributed by atoms with E-state index in [0.717, 1.165) is 12.8 Å². The van der Waals surface area contributed by atoms with E-state index in [2.05, 4.69) is 10.6 Å². The molecule has 1 atom stereocenters. The van der Waals surface area contributed by atoms with Gasteiger partial charge >= 0.3 is 6.03 Å². The van der Waals surface area contributed by atoms with Gasteiger partial charge in [0.2, 0.25) is 5.91 Å². The first-order valence-electron chi connectivity index (χ1n) is 8.30. The van der Waals surface area contributed by atoms with Gasteiger partial charge in [-0.05, 0) is 45.7 Å². The molecule has 1 aliphatic rings. The van der Waals surface area contributed by atoms with Gasteiger partial charge in [-0.15, -0.1) is 0 Å². The smallest absolute Gasteiger partial charge is 0.321 e. The molecule has 1 fully saturated rings. The third-order valence-corrected chi connectivity index (χ3v) is 3.90. The molecule has 2 rings (SSSR count). The summed E-state index contributed by atoms with van der Waals surface area (Å²) in [6.45, 7) is 6.98. The maximum Gasteiger partial charge on any atom is 0.321 e. The van der Waals surface area contributed by atoms with E-state index < -0.39 is 0 Å². The highest BCUT2D eigenvalue weighted by molar-refractivity contribution is 5.90. The Kier molecular flexibility index (Phi) is 5.70. The van der Waals surface area contributed by atoms with Gasteiger partial charge in [0, 0.05) is 30.4 Å². The van der Waals surface area contributed by atoms with Gasteiger partial charge in [0.1, 0.15) is 5.75 Å². The second kappa shape index (κ2) is 7.55. The molecule has 1 heterocycles. The number of nitrogens with zero attached hydrogens (tertiary/aromatic N) is 1. The molecule has 3 amide bonds. The number of urea groups is 1. The van der Waals surface area contributed by atoms with Gasteiger partial charge in [-0.3, -0.25) is 4.79 Å². The minimum absolute atomic E-state index is 0.0152. The summed E-state index contributed by atoms with van der Waals surface area (Å²) in [5.41, 5.74) is 0.419. The number of anilines is 1. The number of hydrogen-bond acceptors (Lipinski definition) is 3. The largest absolute Gasteiger partial charge is 0.497 e. The second-order valence-corrected chi connectivity index (χ2v) is 7.19. The summed E-state index contributed by atoms with van der Waals surface area (Å²) in [4.78, 5) is 26.5. The minimum Gasteiger partial charge on any atom is -0.497 e. The highest BCUT2D eigenvalue weighted by Crippen LogP contribution is 2.21. The van der Waals surface area contributed by atoms with Crippen LogP contribution in [0.15, 0.2) is 24.3 Å². The van der Waals surface area contributed by atoms with Crippen LogP contribution in [0.2, 0.25) is 0 Å². The van der Waals surface area contributed by atoms with E-state index >= 15 is 0 Å². The Hall–Kier alpha value is -2.24. The lowest BCUT2D eigenvalue weighted by molar-refractivity contribution is -0.127. The molecule has 0 spiro atoms. The molecule has 0 aliphatic carbocycles. The first kappa shape index (κ1) is 18.1. The van der Waals surface area contributed by atoms with Gasteiger partial charge in [0.25, 0.3) is 0 Å². The van der Waals surface area contributed by atoms with Crippen LogP contribution in [0.25, 0.3) is 0 Å². The molecule has 132 valence electrons. The molecule has 1 unspecified atom stereocenters. The Bertz CT molecular complexity index is 595. The van der Waals surface area contributed by atoms with E-state index in [1.165, 1.54) is 0 Å². The Morgan fingerprint density at radius 2 is 2.04 bits per heavy atom. The molecular weight excluding hydrogens is 306 g/mol. The molecule has 1 aromatic rings. The van der Waals surface area contributed by atoms with Crippen molar-refractivity contribution in [3.8, 4) is 5.75 Å². The number of piperidine rings is 1. The Labute approximate surface area is 143 Å². The SMILES string of the molecule is COc1cccc(NC(=O)N2CCCC(C(=O)NC(C)(C)C)C2)c1. The van der Waals surface area contributed by atoms with Gasteiger partial charge in [-0.1, -0.05) is 6.07 Å². The number of benzene rings is 1. The molecule has 0 radical (unpaired) electrons. The van der Waals surface area contributed by atoms with Gasteiger partial charge in [0.15, 0.2) is 0 Å². The molecule has 0 saturated carbocycles. The van der Waals surface area contributed by atoms with Crippen molar-refractivity contribution >= 4 is 17.6 Å². The Morgan fingerprint density at radius 3 is 2.71 bits per heavy atom. The molecule has 24 heavy (non-hydrogen) atoms. The average Bonchev–Trinajstić information content (AvgIpc) is 2.53. The van der Waals surface area contributed by atoms with Crippen LogP contribution in [0.3, 0.4) is 0 Å². The number of hydrogen-bond donors (Lipinski definition) is 2. The van der Waals surface area contributed by atoms with Crippen LogP contribution in [0.5, 0.6) is 5.75 Å². The predicted octanol–water partition coefficient (Wildman–Crippen LogP) is 2.85. The number of rotatable bonds is 3. The summed E-state index contributed by atoms with van der Waals surface area (Å²) >= 11 is 0. The van der Waals surface area contributed by atoms with Crippen molar-refractivity contribution in [3.05, 3.63) is 24.3 Å². The van der Waals surface area contributed by atoms with Crippen LogP contribution in [0.1, 0.15) is 33.6 Å². The van der Waals surface area contributed by atoms with Crippen molar-refractivity contribution < 1.29 is 14.3 Å². The molecular formula is C18H27N3O3. The normalized spacial score (nSPS) is 18.0. The number of nitrogens with one attached hydrogen (secondary N) is 2. The molecule has 0 aromatic heterocycles. The second-order valence-electron chi connectivity index (χ2n) is 7.19. The van der Waals surface area contributed by atoms with Crippen molar-refractivity contribution in [2.75, 3.05) is 25.5 Å². The van der Waals surface area contributed by atoms with Gasteiger partial charge in [-0.2, -0.15) is 0 Å². The van der Waals surface area contributed by atoms with Crippen molar-refractivity contribution in [3.63, 3.8) is 0 Å². The molecule has 1 saturated heterocycles. The first-order chi connectivity index (χ1) is 11.3. The number of ether oxygens (including phenoxy) is 1. The molecule has 6 nitrogen and oxygen atoms in total. The fourth-order valence-electron chi connectivity index (χ4n) is 2.75. The molecule has 2 N–H and O–H groups in total. The number of amides is 3. The maximum absolute atomic E-state index is 12.5. The standard InChI is InChI=1S/C18H27N3O3/c1-18(2,3)20-16(22)13-7-6-10-21(12-13)17(23)19-14-8-5-9-15(11-14)24-4/h5,8-9,11,13H,6-7,10,12H2,1-4H3,(H,19,23)(H,20,22). The third kappa shape index (κ3) is 5.15. The zero-order valence-electron chi connectivity index (χ0n) is 14.9. The number of carbonyl (C=O) groups excluding carboxylic acids is 2. The summed E-state index contributed by atoms with van der Waals surface area (Å²) in [7, 11) is 1.59. The molecule has 1 aromatic carbocycles. The van der Waals surface area contributed by atoms with Crippen LogP contribution in [0, 0.1) is 5.92 Å². The van der Waals surface area contributed by atoms with Gasteiger partial charge < -0.3 is 20.3 Å². The fraction of sp³-hybridized carbons (Fsp3) is 0.556. The van der Waals surface area contributed by atoms with Crippen molar-refractivity contribution in [1.82, 2.24) is 10.2 Å². The fourth-order valence-corrected chi connectivity index (χ4v) is 2.75. The summed E-state index contributed by atoms with van der Waals surface area (Å²) < 4.78 is 5.16. The summed E-state index contributed by atoms with van der Waals surface area (Å²) in [6.07, 6.45) is 1.64. The zero-order chi connectivity index (χ0) is 17.7. The lowest BCUT2D eigenvalue weighted by Crippen LogP contribution is -2.50. The quantitative estimate of drug-likeness (QED) is 0.893. The van der Waals surface area contributed by atoms with E-state index in [0.29, 0.717) is 24.5 Å². The molecule has 0 bridgehead atoms. The van der Waals surface area contributed by atoms with E-state index in [4.69, 9.17) is 4.74 Å². The average molecular weight is 333 g/mol. The lowest BCUT2D eigenvalue weighted by Gasteiger charge is -2.33. The van der Waals surface area contributed by atoms with Gasteiger partial charge in [-0.25, -0.2) is 4.79 Å². The van der Waals surface area contributed by atoms with Crippen LogP contribution in [-0.4, -0.2) is 42.6 Å². The van der Waals surface area contributed by atoms with Crippen molar-refractivity contribution in [1.29, 1.82) is 0 Å². The van der Waals surface area contributed by atoms with Crippen molar-refractivity contribution in [2.24, 2.45) is 5.92 Å².